The van der Waals surface area contributed by atoms with Crippen molar-refractivity contribution < 1.29 is 18.7 Å². The Labute approximate surface area is 160 Å². The van der Waals surface area contributed by atoms with E-state index >= 15 is 0 Å². The number of hydrogen-bond donors (Lipinski definition) is 1. The molecule has 0 aliphatic heterocycles. The van der Waals surface area contributed by atoms with Crippen LogP contribution in [-0.2, 0) is 21.4 Å². The normalized spacial score (nSPS) is 11.4. The Morgan fingerprint density at radius 2 is 2.04 bits per heavy atom. The molecule has 2 aromatic rings. The third-order valence-electron chi connectivity index (χ3n) is 3.25. The van der Waals surface area contributed by atoms with Crippen molar-refractivity contribution in [2.24, 2.45) is 0 Å². The van der Waals surface area contributed by atoms with E-state index in [9.17, 15) is 9.59 Å². The zero-order valence-corrected chi connectivity index (χ0v) is 17.2. The second-order valence-electron chi connectivity index (χ2n) is 6.49. The van der Waals surface area contributed by atoms with Crippen LogP contribution in [0.2, 0.25) is 0 Å². The molecule has 9 heteroatoms. The van der Waals surface area contributed by atoms with Crippen molar-refractivity contribution in [3.63, 3.8) is 0 Å². The Balaban J connectivity index is 2.00. The summed E-state index contributed by atoms with van der Waals surface area (Å²) in [6, 6.07) is 1.76. The van der Waals surface area contributed by atoms with Crippen LogP contribution in [0.3, 0.4) is 0 Å². The summed E-state index contributed by atoms with van der Waals surface area (Å²) in [5, 5.41) is 11.6. The van der Waals surface area contributed by atoms with Crippen LogP contribution in [-0.4, -0.2) is 34.4 Å². The maximum absolute atomic E-state index is 12.3. The van der Waals surface area contributed by atoms with Crippen LogP contribution in [0.15, 0.2) is 15.7 Å². The lowest BCUT2D eigenvalue weighted by Gasteiger charge is -2.10. The molecule has 26 heavy (non-hydrogen) atoms. The second-order valence-corrected chi connectivity index (χ2v) is 8.55. The molecule has 7 nitrogen and oxygen atoms in total. The van der Waals surface area contributed by atoms with Crippen molar-refractivity contribution >= 4 is 40.0 Å². The molecule has 0 saturated carbocycles. The lowest BCUT2D eigenvalue weighted by Crippen LogP contribution is -2.16. The Morgan fingerprint density at radius 1 is 1.31 bits per heavy atom. The lowest BCUT2D eigenvalue weighted by atomic mass is 9.97. The standard InChI is InChI=1S/C17H23N3O4S2/c1-6-10-8-11(14(22)23-7-2)13(26-10)18-12(21)9-25-16-20-19-15(24-16)17(3,4)5/h8H,6-7,9H2,1-5H3,(H,18,21). The minimum Gasteiger partial charge on any atom is -0.462 e. The van der Waals surface area contributed by atoms with Crippen molar-refractivity contribution in [1.82, 2.24) is 10.2 Å². The van der Waals surface area contributed by atoms with Gasteiger partial charge in [0.05, 0.1) is 17.9 Å². The molecule has 0 fully saturated rings. The largest absolute Gasteiger partial charge is 0.462 e. The van der Waals surface area contributed by atoms with Crippen LogP contribution in [0.4, 0.5) is 5.00 Å². The van der Waals surface area contributed by atoms with Crippen LogP contribution < -0.4 is 5.32 Å². The molecule has 1 N–H and O–H groups in total. The molecule has 0 aliphatic rings. The fraction of sp³-hybridized carbons (Fsp3) is 0.529. The molecule has 0 unspecified atom stereocenters. The number of carbonyl (C=O) groups excluding carboxylic acids is 2. The summed E-state index contributed by atoms with van der Waals surface area (Å²) in [6.45, 7) is 9.94. The van der Waals surface area contributed by atoms with E-state index in [4.69, 9.17) is 9.15 Å². The Kier molecular flexibility index (Phi) is 6.82. The first-order chi connectivity index (χ1) is 12.2. The maximum Gasteiger partial charge on any atom is 0.341 e. The molecule has 0 saturated heterocycles. The molecule has 0 spiro atoms. The molecule has 2 rings (SSSR count). The van der Waals surface area contributed by atoms with Gasteiger partial charge in [-0.05, 0) is 19.4 Å². The molecule has 0 radical (unpaired) electrons. The summed E-state index contributed by atoms with van der Waals surface area (Å²) in [7, 11) is 0. The van der Waals surface area contributed by atoms with E-state index in [0.717, 1.165) is 23.1 Å². The molecule has 0 bridgehead atoms. The van der Waals surface area contributed by atoms with Crippen molar-refractivity contribution in [3.05, 3.63) is 22.4 Å². The fourth-order valence-corrected chi connectivity index (χ4v) is 3.49. The molecule has 0 aromatic carbocycles. The number of ether oxygens (including phenoxy) is 1. The number of hydrogen-bond acceptors (Lipinski definition) is 8. The maximum atomic E-state index is 12.3. The van der Waals surface area contributed by atoms with Gasteiger partial charge in [0.15, 0.2) is 0 Å². The van der Waals surface area contributed by atoms with Crippen molar-refractivity contribution in [3.8, 4) is 0 Å². The summed E-state index contributed by atoms with van der Waals surface area (Å²) in [5.74, 6) is -0.0533. The van der Waals surface area contributed by atoms with E-state index < -0.39 is 5.97 Å². The molecule has 0 atom stereocenters. The van der Waals surface area contributed by atoms with Gasteiger partial charge in [-0.2, -0.15) is 0 Å². The predicted molar refractivity (Wildman–Crippen MR) is 102 cm³/mol. The number of nitrogens with zero attached hydrogens (tertiary/aromatic N) is 2. The quantitative estimate of drug-likeness (QED) is 0.559. The highest BCUT2D eigenvalue weighted by molar-refractivity contribution is 7.99. The first-order valence-corrected chi connectivity index (χ1v) is 10.1. The number of amides is 1. The van der Waals surface area contributed by atoms with Gasteiger partial charge in [0.1, 0.15) is 5.00 Å². The minimum absolute atomic E-state index is 0.105. The average molecular weight is 398 g/mol. The third-order valence-corrected chi connectivity index (χ3v) is 5.27. The first-order valence-electron chi connectivity index (χ1n) is 8.31. The lowest BCUT2D eigenvalue weighted by molar-refractivity contribution is -0.113. The molecule has 0 aliphatic carbocycles. The van der Waals surface area contributed by atoms with Crippen molar-refractivity contribution in [2.75, 3.05) is 17.7 Å². The number of nitrogens with one attached hydrogen (secondary N) is 1. The number of anilines is 1. The molecular weight excluding hydrogens is 374 g/mol. The summed E-state index contributed by atoms with van der Waals surface area (Å²) in [5.41, 5.74) is 0.149. The molecule has 2 aromatic heterocycles. The van der Waals surface area contributed by atoms with Gasteiger partial charge in [-0.3, -0.25) is 4.79 Å². The summed E-state index contributed by atoms with van der Waals surface area (Å²) in [6.07, 6.45) is 0.777. The van der Waals surface area contributed by atoms with Crippen LogP contribution in [0.1, 0.15) is 55.7 Å². The van der Waals surface area contributed by atoms with Gasteiger partial charge in [-0.1, -0.05) is 39.5 Å². The monoisotopic (exact) mass is 397 g/mol. The van der Waals surface area contributed by atoms with E-state index in [2.05, 4.69) is 15.5 Å². The zero-order valence-electron chi connectivity index (χ0n) is 15.5. The topological polar surface area (TPSA) is 94.3 Å². The third kappa shape index (κ3) is 5.31. The number of thioether (sulfide) groups is 1. The fourth-order valence-electron chi connectivity index (χ4n) is 1.93. The second kappa shape index (κ2) is 8.68. The minimum atomic E-state index is -0.432. The van der Waals surface area contributed by atoms with E-state index in [-0.39, 0.29) is 23.7 Å². The summed E-state index contributed by atoms with van der Waals surface area (Å²) < 4.78 is 10.6. The molecule has 142 valence electrons. The number of rotatable bonds is 7. The Morgan fingerprint density at radius 3 is 2.62 bits per heavy atom. The van der Waals surface area contributed by atoms with Gasteiger partial charge in [-0.25, -0.2) is 4.79 Å². The van der Waals surface area contributed by atoms with E-state index in [1.165, 1.54) is 11.3 Å². The first kappa shape index (κ1) is 20.4. The Hall–Kier alpha value is -1.87. The highest BCUT2D eigenvalue weighted by Gasteiger charge is 2.22. The van der Waals surface area contributed by atoms with Crippen LogP contribution >= 0.6 is 23.1 Å². The number of carbonyl (C=O) groups is 2. The molecular formula is C17H23N3O4S2. The zero-order chi connectivity index (χ0) is 19.3. The van der Waals surface area contributed by atoms with E-state index in [1.54, 1.807) is 13.0 Å². The van der Waals surface area contributed by atoms with Crippen LogP contribution in [0, 0.1) is 0 Å². The van der Waals surface area contributed by atoms with Crippen LogP contribution in [0.5, 0.6) is 0 Å². The van der Waals surface area contributed by atoms with Crippen molar-refractivity contribution in [2.45, 2.75) is 51.7 Å². The molecule has 1 amide bonds. The molecule has 2 heterocycles. The van der Waals surface area contributed by atoms with Gasteiger partial charge >= 0.3 is 5.97 Å². The summed E-state index contributed by atoms with van der Waals surface area (Å²) >= 11 is 2.54. The van der Waals surface area contributed by atoms with E-state index in [1.807, 2.05) is 27.7 Å². The summed E-state index contributed by atoms with van der Waals surface area (Å²) in [4.78, 5) is 25.3. The number of thiophene rings is 1. The van der Waals surface area contributed by atoms with Crippen LogP contribution in [0.25, 0.3) is 0 Å². The van der Waals surface area contributed by atoms with Gasteiger partial charge in [0, 0.05) is 10.3 Å². The van der Waals surface area contributed by atoms with Crippen molar-refractivity contribution in [1.29, 1.82) is 0 Å². The average Bonchev–Trinajstić information content (AvgIpc) is 3.19. The number of aromatic nitrogens is 2. The highest BCUT2D eigenvalue weighted by atomic mass is 32.2. The predicted octanol–water partition coefficient (Wildman–Crippen LogP) is 3.90. The van der Waals surface area contributed by atoms with E-state index in [0.29, 0.717) is 21.7 Å². The smallest absolute Gasteiger partial charge is 0.341 e. The van der Waals surface area contributed by atoms with Gasteiger partial charge in [0.25, 0.3) is 5.22 Å². The Bertz CT molecular complexity index is 777. The number of aryl methyl sites for hydroxylation is 1. The number of esters is 1. The van der Waals surface area contributed by atoms with Gasteiger partial charge in [-0.15, -0.1) is 21.5 Å². The van der Waals surface area contributed by atoms with Gasteiger partial charge in [0.2, 0.25) is 11.8 Å². The van der Waals surface area contributed by atoms with Gasteiger partial charge < -0.3 is 14.5 Å². The SMILES string of the molecule is CCOC(=O)c1cc(CC)sc1NC(=O)CSc1nnc(C(C)(C)C)o1. The highest BCUT2D eigenvalue weighted by Crippen LogP contribution is 2.30.